The molecule has 0 aromatic carbocycles. The summed E-state index contributed by atoms with van der Waals surface area (Å²) >= 11 is 1.15. The summed E-state index contributed by atoms with van der Waals surface area (Å²) in [5.74, 6) is -1.36. The van der Waals surface area contributed by atoms with Crippen molar-refractivity contribution in [3.8, 4) is 5.82 Å². The lowest BCUT2D eigenvalue weighted by Gasteiger charge is -2.13. The quantitative estimate of drug-likeness (QED) is 0.596. The topological polar surface area (TPSA) is 129 Å². The fourth-order valence-electron chi connectivity index (χ4n) is 2.59. The third-order valence-corrected chi connectivity index (χ3v) is 4.86. The van der Waals surface area contributed by atoms with Gasteiger partial charge in [0.1, 0.15) is 5.00 Å². The number of ether oxygens (including phenoxy) is 1. The summed E-state index contributed by atoms with van der Waals surface area (Å²) in [7, 11) is 0. The van der Waals surface area contributed by atoms with E-state index in [-0.39, 0.29) is 11.1 Å². The molecule has 0 fully saturated rings. The molecular weight excluding hydrogens is 394 g/mol. The first kappa shape index (κ1) is 20.2. The molecule has 3 aromatic rings. The van der Waals surface area contributed by atoms with Crippen LogP contribution in [-0.2, 0) is 9.53 Å². The molecule has 0 radical (unpaired) electrons. The molecule has 0 saturated heterocycles. The van der Waals surface area contributed by atoms with Gasteiger partial charge in [0.25, 0.3) is 11.8 Å². The lowest BCUT2D eigenvalue weighted by atomic mass is 10.2. The van der Waals surface area contributed by atoms with Crippen molar-refractivity contribution in [2.75, 3.05) is 5.32 Å². The van der Waals surface area contributed by atoms with Gasteiger partial charge in [0, 0.05) is 11.9 Å². The average Bonchev–Trinajstić information content (AvgIpc) is 3.27. The van der Waals surface area contributed by atoms with Crippen molar-refractivity contribution in [3.63, 3.8) is 0 Å². The summed E-state index contributed by atoms with van der Waals surface area (Å²) in [6.07, 6.45) is 0.282. The maximum Gasteiger partial charge on any atom is 0.340 e. The summed E-state index contributed by atoms with van der Waals surface area (Å²) in [5, 5.41) is 8.81. The second-order valence-corrected chi connectivity index (χ2v) is 7.22. The normalized spacial score (nSPS) is 11.7. The molecule has 9 nitrogen and oxygen atoms in total. The van der Waals surface area contributed by atoms with Crippen molar-refractivity contribution in [3.05, 3.63) is 58.4 Å². The van der Waals surface area contributed by atoms with Crippen LogP contribution in [0.2, 0.25) is 0 Å². The molecule has 0 saturated carbocycles. The highest BCUT2D eigenvalue weighted by Gasteiger charge is 2.21. The Morgan fingerprint density at radius 1 is 1.24 bits per heavy atom. The van der Waals surface area contributed by atoms with E-state index in [1.165, 1.54) is 19.2 Å². The molecule has 150 valence electrons. The fraction of sp³-hybridized carbons (Fsp3) is 0.211. The molecule has 3 rings (SSSR count). The number of esters is 1. The number of nitrogens with two attached hydrogens (primary N) is 1. The minimum absolute atomic E-state index is 0.198. The number of nitrogens with zero attached hydrogens (tertiary/aromatic N) is 3. The third-order valence-electron chi connectivity index (χ3n) is 4.03. The van der Waals surface area contributed by atoms with Gasteiger partial charge in [-0.15, -0.1) is 11.3 Å². The summed E-state index contributed by atoms with van der Waals surface area (Å²) < 4.78 is 6.86. The number of nitrogens with one attached hydrogen (secondary N) is 1. The SMILES string of the molecule is Cc1cc(C)n(-c2ccc(C(=O)OC(C)C(=O)Nc3sccc3C(N)=O)cn2)n1. The Morgan fingerprint density at radius 2 is 2.00 bits per heavy atom. The van der Waals surface area contributed by atoms with E-state index in [4.69, 9.17) is 10.5 Å². The molecule has 3 aromatic heterocycles. The summed E-state index contributed by atoms with van der Waals surface area (Å²) in [6.45, 7) is 5.22. The Balaban J connectivity index is 1.64. The molecule has 29 heavy (non-hydrogen) atoms. The molecule has 1 unspecified atom stereocenters. The Morgan fingerprint density at radius 3 is 2.59 bits per heavy atom. The van der Waals surface area contributed by atoms with Crippen LogP contribution >= 0.6 is 11.3 Å². The molecule has 0 aliphatic heterocycles. The van der Waals surface area contributed by atoms with E-state index in [1.807, 2.05) is 19.9 Å². The van der Waals surface area contributed by atoms with Crippen LogP contribution in [0.5, 0.6) is 0 Å². The van der Waals surface area contributed by atoms with Gasteiger partial charge in [-0.3, -0.25) is 9.59 Å². The Labute approximate surface area is 170 Å². The lowest BCUT2D eigenvalue weighted by molar-refractivity contribution is -0.123. The number of hydrogen-bond acceptors (Lipinski definition) is 7. The van der Waals surface area contributed by atoms with E-state index in [0.29, 0.717) is 10.8 Å². The first-order chi connectivity index (χ1) is 13.8. The molecule has 1 atom stereocenters. The average molecular weight is 413 g/mol. The molecular formula is C19H19N5O4S. The number of primary amides is 1. The maximum absolute atomic E-state index is 12.3. The number of hydrogen-bond donors (Lipinski definition) is 2. The minimum atomic E-state index is -1.08. The summed E-state index contributed by atoms with van der Waals surface area (Å²) in [5.41, 5.74) is 7.42. The molecule has 3 heterocycles. The van der Waals surface area contributed by atoms with Gasteiger partial charge in [-0.25, -0.2) is 14.5 Å². The van der Waals surface area contributed by atoms with Crippen LogP contribution < -0.4 is 11.1 Å². The number of amides is 2. The van der Waals surface area contributed by atoms with Crippen LogP contribution in [0.4, 0.5) is 5.00 Å². The van der Waals surface area contributed by atoms with Gasteiger partial charge in [-0.05, 0) is 50.4 Å². The van der Waals surface area contributed by atoms with Gasteiger partial charge in [0.05, 0.1) is 16.8 Å². The highest BCUT2D eigenvalue weighted by Crippen LogP contribution is 2.23. The number of thiophene rings is 1. The zero-order valence-corrected chi connectivity index (χ0v) is 16.8. The maximum atomic E-state index is 12.3. The Hall–Kier alpha value is -3.53. The van der Waals surface area contributed by atoms with Gasteiger partial charge in [0.2, 0.25) is 0 Å². The van der Waals surface area contributed by atoms with E-state index in [1.54, 1.807) is 22.2 Å². The predicted molar refractivity (Wildman–Crippen MR) is 107 cm³/mol. The first-order valence-electron chi connectivity index (χ1n) is 8.65. The first-order valence-corrected chi connectivity index (χ1v) is 9.53. The lowest BCUT2D eigenvalue weighted by Crippen LogP contribution is -2.30. The van der Waals surface area contributed by atoms with Gasteiger partial charge >= 0.3 is 5.97 Å². The molecule has 0 spiro atoms. The number of aromatic nitrogens is 3. The second-order valence-electron chi connectivity index (χ2n) is 6.31. The molecule has 3 N–H and O–H groups in total. The standard InChI is InChI=1S/C19H19N5O4S/c1-10-8-11(2)24(23-10)15-5-4-13(9-21-15)19(27)28-12(3)17(26)22-18-14(16(20)25)6-7-29-18/h4-9,12H,1-3H3,(H2,20,25)(H,22,26). The molecule has 0 bridgehead atoms. The van der Waals surface area contributed by atoms with Crippen molar-refractivity contribution in [2.24, 2.45) is 5.73 Å². The number of rotatable bonds is 6. The predicted octanol–water partition coefficient (Wildman–Crippen LogP) is 2.23. The zero-order chi connectivity index (χ0) is 21.1. The van der Waals surface area contributed by atoms with Crippen molar-refractivity contribution in [2.45, 2.75) is 26.9 Å². The molecule has 2 amide bonds. The van der Waals surface area contributed by atoms with Crippen LogP contribution in [0.15, 0.2) is 35.8 Å². The second kappa shape index (κ2) is 8.23. The van der Waals surface area contributed by atoms with Crippen molar-refractivity contribution >= 4 is 34.1 Å². The fourth-order valence-corrected chi connectivity index (χ4v) is 3.38. The molecule has 10 heteroatoms. The minimum Gasteiger partial charge on any atom is -0.449 e. The smallest absolute Gasteiger partial charge is 0.340 e. The van der Waals surface area contributed by atoms with Crippen LogP contribution in [-0.4, -0.2) is 38.7 Å². The largest absolute Gasteiger partial charge is 0.449 e. The van der Waals surface area contributed by atoms with Crippen molar-refractivity contribution < 1.29 is 19.1 Å². The van der Waals surface area contributed by atoms with E-state index in [0.717, 1.165) is 22.7 Å². The highest BCUT2D eigenvalue weighted by atomic mass is 32.1. The molecule has 0 aliphatic rings. The van der Waals surface area contributed by atoms with Crippen molar-refractivity contribution in [1.29, 1.82) is 0 Å². The zero-order valence-electron chi connectivity index (χ0n) is 16.0. The van der Waals surface area contributed by atoms with E-state index >= 15 is 0 Å². The van der Waals surface area contributed by atoms with Gasteiger partial charge in [0.15, 0.2) is 11.9 Å². The third kappa shape index (κ3) is 4.49. The molecule has 0 aliphatic carbocycles. The van der Waals surface area contributed by atoms with E-state index in [2.05, 4.69) is 15.4 Å². The van der Waals surface area contributed by atoms with Gasteiger partial charge in [-0.1, -0.05) is 0 Å². The van der Waals surface area contributed by atoms with Gasteiger partial charge < -0.3 is 15.8 Å². The van der Waals surface area contributed by atoms with Crippen LogP contribution in [0, 0.1) is 13.8 Å². The van der Waals surface area contributed by atoms with Crippen LogP contribution in [0.3, 0.4) is 0 Å². The van der Waals surface area contributed by atoms with E-state index in [9.17, 15) is 14.4 Å². The summed E-state index contributed by atoms with van der Waals surface area (Å²) in [6, 6.07) is 6.62. The number of carbonyl (C=O) groups excluding carboxylic acids is 3. The monoisotopic (exact) mass is 413 g/mol. The van der Waals surface area contributed by atoms with Gasteiger partial charge in [-0.2, -0.15) is 5.10 Å². The van der Waals surface area contributed by atoms with Crippen molar-refractivity contribution in [1.82, 2.24) is 14.8 Å². The number of pyridine rings is 1. The summed E-state index contributed by atoms with van der Waals surface area (Å²) in [4.78, 5) is 40.2. The Kier molecular flexibility index (Phi) is 5.74. The van der Waals surface area contributed by atoms with Crippen LogP contribution in [0.25, 0.3) is 5.82 Å². The van der Waals surface area contributed by atoms with Crippen LogP contribution in [0.1, 0.15) is 39.0 Å². The highest BCUT2D eigenvalue weighted by molar-refractivity contribution is 7.14. The number of aryl methyl sites for hydroxylation is 2. The van der Waals surface area contributed by atoms with E-state index < -0.39 is 23.9 Å². The number of anilines is 1. The Bertz CT molecular complexity index is 1070. The number of carbonyl (C=O) groups is 3.